The van der Waals surface area contributed by atoms with E-state index in [9.17, 15) is 23.4 Å². The predicted molar refractivity (Wildman–Crippen MR) is 73.8 cm³/mol. The van der Waals surface area contributed by atoms with Crippen molar-refractivity contribution in [3.8, 4) is 0 Å². The Morgan fingerprint density at radius 1 is 1.48 bits per heavy atom. The molecule has 4 N–H and O–H groups in total. The van der Waals surface area contributed by atoms with E-state index in [4.69, 9.17) is 9.88 Å². The smallest absolute Gasteiger partial charge is 0.337 e. The molecule has 1 unspecified atom stereocenters. The third kappa shape index (κ3) is 3.32. The van der Waals surface area contributed by atoms with Gasteiger partial charge < -0.3 is 19.8 Å². The lowest BCUT2D eigenvalue weighted by Gasteiger charge is -2.37. The van der Waals surface area contributed by atoms with Crippen LogP contribution in [0.3, 0.4) is 0 Å². The highest BCUT2D eigenvalue weighted by molar-refractivity contribution is 7.89. The monoisotopic (exact) mass is 316 g/mol. The molecule has 1 fully saturated rings. The molecule has 1 saturated heterocycles. The number of aliphatic hydroxyl groups is 1. The van der Waals surface area contributed by atoms with Crippen LogP contribution in [0.2, 0.25) is 0 Å². The SMILES string of the molecule is NS(=O)(=O)c1ccc(N2CCOCC2CO)c(C(=O)O)c1. The van der Waals surface area contributed by atoms with Crippen LogP contribution in [0.15, 0.2) is 23.1 Å². The number of aromatic carboxylic acids is 1. The van der Waals surface area contributed by atoms with Gasteiger partial charge in [0.15, 0.2) is 0 Å². The molecule has 1 aromatic carbocycles. The van der Waals surface area contributed by atoms with Crippen molar-refractivity contribution in [2.45, 2.75) is 10.9 Å². The minimum Gasteiger partial charge on any atom is -0.478 e. The number of hydrogen-bond donors (Lipinski definition) is 3. The third-order valence-electron chi connectivity index (χ3n) is 3.27. The van der Waals surface area contributed by atoms with Crippen LogP contribution in [0.1, 0.15) is 10.4 Å². The van der Waals surface area contributed by atoms with E-state index >= 15 is 0 Å². The lowest BCUT2D eigenvalue weighted by atomic mass is 10.1. The minimum absolute atomic E-state index is 0.179. The highest BCUT2D eigenvalue weighted by Crippen LogP contribution is 2.27. The van der Waals surface area contributed by atoms with Gasteiger partial charge >= 0.3 is 5.97 Å². The summed E-state index contributed by atoms with van der Waals surface area (Å²) in [4.78, 5) is 12.8. The first kappa shape index (κ1) is 15.7. The van der Waals surface area contributed by atoms with E-state index in [0.717, 1.165) is 6.07 Å². The van der Waals surface area contributed by atoms with Crippen LogP contribution in [0, 0.1) is 0 Å². The second-order valence-electron chi connectivity index (χ2n) is 4.63. The molecular formula is C12H16N2O6S. The van der Waals surface area contributed by atoms with E-state index in [0.29, 0.717) is 18.8 Å². The number of sulfonamides is 1. The van der Waals surface area contributed by atoms with Crippen LogP contribution in [-0.2, 0) is 14.8 Å². The molecule has 0 bridgehead atoms. The maximum Gasteiger partial charge on any atom is 0.337 e. The molecular weight excluding hydrogens is 300 g/mol. The second kappa shape index (κ2) is 5.98. The number of benzene rings is 1. The zero-order valence-electron chi connectivity index (χ0n) is 11.1. The number of anilines is 1. The van der Waals surface area contributed by atoms with Gasteiger partial charge in [-0.15, -0.1) is 0 Å². The van der Waals surface area contributed by atoms with Crippen molar-refractivity contribution in [1.29, 1.82) is 0 Å². The Kier molecular flexibility index (Phi) is 4.47. The topological polar surface area (TPSA) is 130 Å². The third-order valence-corrected chi connectivity index (χ3v) is 4.19. The van der Waals surface area contributed by atoms with Crippen LogP contribution in [0.5, 0.6) is 0 Å². The van der Waals surface area contributed by atoms with Gasteiger partial charge in [-0.3, -0.25) is 0 Å². The number of nitrogens with zero attached hydrogens (tertiary/aromatic N) is 1. The lowest BCUT2D eigenvalue weighted by Crippen LogP contribution is -2.48. The predicted octanol–water partition coefficient (Wildman–Crippen LogP) is -0.770. The zero-order valence-corrected chi connectivity index (χ0v) is 11.9. The maximum absolute atomic E-state index is 11.4. The Balaban J connectivity index is 2.50. The van der Waals surface area contributed by atoms with Crippen molar-refractivity contribution in [3.63, 3.8) is 0 Å². The fraction of sp³-hybridized carbons (Fsp3) is 0.417. The average Bonchev–Trinajstić information content (AvgIpc) is 2.45. The Morgan fingerprint density at radius 3 is 2.76 bits per heavy atom. The number of primary sulfonamides is 1. The van der Waals surface area contributed by atoms with E-state index in [1.54, 1.807) is 4.90 Å². The number of hydrogen-bond acceptors (Lipinski definition) is 6. The van der Waals surface area contributed by atoms with Crippen molar-refractivity contribution in [3.05, 3.63) is 23.8 Å². The van der Waals surface area contributed by atoms with Gasteiger partial charge in [-0.2, -0.15) is 0 Å². The summed E-state index contributed by atoms with van der Waals surface area (Å²) in [6.07, 6.45) is 0. The molecule has 0 aliphatic carbocycles. The number of carbonyl (C=O) groups is 1. The van der Waals surface area contributed by atoms with Gasteiger partial charge in [0.05, 0.1) is 42.0 Å². The summed E-state index contributed by atoms with van der Waals surface area (Å²) in [5, 5.41) is 23.7. The molecule has 0 spiro atoms. The quantitative estimate of drug-likeness (QED) is 0.665. The van der Waals surface area contributed by atoms with Gasteiger partial charge in [0.1, 0.15) is 0 Å². The molecule has 1 heterocycles. The molecule has 1 aromatic rings. The van der Waals surface area contributed by atoms with Crippen LogP contribution >= 0.6 is 0 Å². The number of carboxylic acid groups (broad SMARTS) is 1. The molecule has 1 aliphatic heterocycles. The first-order chi connectivity index (χ1) is 9.84. The van der Waals surface area contributed by atoms with Gasteiger partial charge in [-0.1, -0.05) is 0 Å². The van der Waals surface area contributed by atoms with Crippen molar-refractivity contribution in [1.82, 2.24) is 0 Å². The fourth-order valence-corrected chi connectivity index (χ4v) is 2.78. The Hall–Kier alpha value is -1.68. The molecule has 0 aromatic heterocycles. The van der Waals surface area contributed by atoms with Gasteiger partial charge in [0, 0.05) is 6.54 Å². The van der Waals surface area contributed by atoms with Crippen LogP contribution in [0.4, 0.5) is 5.69 Å². The Bertz CT molecular complexity index is 645. The number of ether oxygens (including phenoxy) is 1. The summed E-state index contributed by atoms with van der Waals surface area (Å²) in [7, 11) is -3.98. The van der Waals surface area contributed by atoms with Crippen molar-refractivity contribution >= 4 is 21.7 Å². The molecule has 21 heavy (non-hydrogen) atoms. The highest BCUT2D eigenvalue weighted by atomic mass is 32.2. The van der Waals surface area contributed by atoms with E-state index in [1.165, 1.54) is 12.1 Å². The molecule has 9 heteroatoms. The molecule has 0 radical (unpaired) electrons. The van der Waals surface area contributed by atoms with Gasteiger partial charge in [-0.25, -0.2) is 18.4 Å². The average molecular weight is 316 g/mol. The van der Waals surface area contributed by atoms with E-state index < -0.39 is 16.0 Å². The number of aliphatic hydroxyl groups excluding tert-OH is 1. The maximum atomic E-state index is 11.4. The Labute approximate surface area is 121 Å². The van der Waals surface area contributed by atoms with E-state index in [1.807, 2.05) is 0 Å². The minimum atomic E-state index is -3.98. The van der Waals surface area contributed by atoms with E-state index in [2.05, 4.69) is 0 Å². The zero-order chi connectivity index (χ0) is 15.6. The number of rotatable bonds is 4. The molecule has 0 amide bonds. The first-order valence-electron chi connectivity index (χ1n) is 6.20. The summed E-state index contributed by atoms with van der Waals surface area (Å²) in [6, 6.07) is 3.28. The van der Waals surface area contributed by atoms with Crippen molar-refractivity contribution in [2.75, 3.05) is 31.3 Å². The highest BCUT2D eigenvalue weighted by Gasteiger charge is 2.27. The molecule has 8 nitrogen and oxygen atoms in total. The van der Waals surface area contributed by atoms with Crippen LogP contribution < -0.4 is 10.0 Å². The summed E-state index contributed by atoms with van der Waals surface area (Å²) >= 11 is 0. The lowest BCUT2D eigenvalue weighted by molar-refractivity contribution is 0.0676. The molecule has 0 saturated carbocycles. The molecule has 116 valence electrons. The fourth-order valence-electron chi connectivity index (χ4n) is 2.24. The van der Waals surface area contributed by atoms with Crippen molar-refractivity contribution in [2.24, 2.45) is 5.14 Å². The number of nitrogens with two attached hydrogens (primary N) is 1. The van der Waals surface area contributed by atoms with Crippen LogP contribution in [-0.4, -0.2) is 57.0 Å². The summed E-state index contributed by atoms with van der Waals surface area (Å²) in [5.74, 6) is -1.27. The molecule has 1 atom stereocenters. The Morgan fingerprint density at radius 2 is 2.19 bits per heavy atom. The number of carboxylic acids is 1. The van der Waals surface area contributed by atoms with Gasteiger partial charge in [0.2, 0.25) is 10.0 Å². The number of morpholine rings is 1. The largest absolute Gasteiger partial charge is 0.478 e. The standard InChI is InChI=1S/C12H16N2O6S/c13-21(18,19)9-1-2-11(10(5-9)12(16)17)14-3-4-20-7-8(14)6-15/h1-2,5,8,15H,3-4,6-7H2,(H,16,17)(H2,13,18,19). The summed E-state index contributed by atoms with van der Waals surface area (Å²) in [5.41, 5.74) is 0.152. The molecule has 2 rings (SSSR count). The summed E-state index contributed by atoms with van der Waals surface area (Å²) in [6.45, 7) is 0.870. The second-order valence-corrected chi connectivity index (χ2v) is 6.20. The summed E-state index contributed by atoms with van der Waals surface area (Å²) < 4.78 is 27.9. The first-order valence-corrected chi connectivity index (χ1v) is 7.74. The normalized spacial score (nSPS) is 19.5. The van der Waals surface area contributed by atoms with Gasteiger partial charge in [0.25, 0.3) is 0 Å². The molecule has 1 aliphatic rings. The van der Waals surface area contributed by atoms with E-state index in [-0.39, 0.29) is 29.7 Å². The van der Waals surface area contributed by atoms with Crippen molar-refractivity contribution < 1.29 is 28.2 Å². The van der Waals surface area contributed by atoms with Gasteiger partial charge in [-0.05, 0) is 18.2 Å². The van der Waals surface area contributed by atoms with Crippen LogP contribution in [0.25, 0.3) is 0 Å².